The molecule has 1 amide bonds. The third kappa shape index (κ3) is 3.57. The SMILES string of the molecule is C[C@@H]1CCc2nc(N3CCN(C(=O)OC(C)(C)C)CC3)ncc21. The molecule has 126 valence electrons. The lowest BCUT2D eigenvalue weighted by atomic mass is 10.1. The number of hydrogen-bond donors (Lipinski definition) is 0. The molecular weight excluding hydrogens is 292 g/mol. The Balaban J connectivity index is 1.60. The van der Waals surface area contributed by atoms with Crippen molar-refractivity contribution in [3.8, 4) is 0 Å². The third-order valence-corrected chi connectivity index (χ3v) is 4.45. The van der Waals surface area contributed by atoms with Crippen molar-refractivity contribution < 1.29 is 9.53 Å². The summed E-state index contributed by atoms with van der Waals surface area (Å²) in [6.45, 7) is 10.7. The summed E-state index contributed by atoms with van der Waals surface area (Å²) >= 11 is 0. The number of rotatable bonds is 1. The van der Waals surface area contributed by atoms with Crippen molar-refractivity contribution in [1.29, 1.82) is 0 Å². The molecule has 1 aromatic rings. The number of fused-ring (bicyclic) bond motifs is 1. The number of aryl methyl sites for hydroxylation is 1. The first-order chi connectivity index (χ1) is 10.8. The first kappa shape index (κ1) is 16.0. The van der Waals surface area contributed by atoms with Crippen molar-refractivity contribution in [2.24, 2.45) is 0 Å². The number of nitrogens with zero attached hydrogens (tertiary/aromatic N) is 4. The molecule has 1 atom stereocenters. The van der Waals surface area contributed by atoms with Crippen LogP contribution in [0.25, 0.3) is 0 Å². The predicted octanol–water partition coefficient (Wildman–Crippen LogP) is 2.58. The smallest absolute Gasteiger partial charge is 0.410 e. The van der Waals surface area contributed by atoms with Gasteiger partial charge in [0.05, 0.1) is 0 Å². The molecule has 0 aromatic carbocycles. The zero-order chi connectivity index (χ0) is 16.6. The lowest BCUT2D eigenvalue weighted by Crippen LogP contribution is -2.50. The summed E-state index contributed by atoms with van der Waals surface area (Å²) in [6.07, 6.45) is 3.96. The Morgan fingerprint density at radius 1 is 1.26 bits per heavy atom. The van der Waals surface area contributed by atoms with Crippen LogP contribution in [0.4, 0.5) is 10.7 Å². The fourth-order valence-corrected chi connectivity index (χ4v) is 3.10. The second-order valence-corrected chi connectivity index (χ2v) is 7.47. The van der Waals surface area contributed by atoms with Crippen LogP contribution in [0.5, 0.6) is 0 Å². The van der Waals surface area contributed by atoms with Gasteiger partial charge >= 0.3 is 6.09 Å². The van der Waals surface area contributed by atoms with E-state index in [9.17, 15) is 4.79 Å². The van der Waals surface area contributed by atoms with E-state index >= 15 is 0 Å². The van der Waals surface area contributed by atoms with Crippen molar-refractivity contribution in [3.63, 3.8) is 0 Å². The van der Waals surface area contributed by atoms with Crippen molar-refractivity contribution in [3.05, 3.63) is 17.5 Å². The van der Waals surface area contributed by atoms with Crippen LogP contribution < -0.4 is 4.90 Å². The molecule has 0 N–H and O–H groups in total. The highest BCUT2D eigenvalue weighted by Crippen LogP contribution is 2.31. The Kier molecular flexibility index (Phi) is 4.17. The van der Waals surface area contributed by atoms with Crippen LogP contribution in [0.15, 0.2) is 6.20 Å². The standard InChI is InChI=1S/C17H26N4O2/c1-12-5-6-14-13(12)11-18-15(19-14)20-7-9-21(10-8-20)16(22)23-17(2,3)4/h11-12H,5-10H2,1-4H3/t12-/m1/s1. The van der Waals surface area contributed by atoms with Crippen LogP contribution in [0, 0.1) is 0 Å². The Labute approximate surface area is 137 Å². The van der Waals surface area contributed by atoms with E-state index in [2.05, 4.69) is 16.8 Å². The van der Waals surface area contributed by atoms with E-state index in [1.54, 1.807) is 4.90 Å². The van der Waals surface area contributed by atoms with Gasteiger partial charge in [-0.3, -0.25) is 0 Å². The number of aromatic nitrogens is 2. The minimum absolute atomic E-state index is 0.235. The lowest BCUT2D eigenvalue weighted by molar-refractivity contribution is 0.0240. The molecule has 0 bridgehead atoms. The number of amides is 1. The van der Waals surface area contributed by atoms with E-state index in [0.717, 1.165) is 25.5 Å². The molecule has 6 nitrogen and oxygen atoms in total. The molecule has 1 saturated heterocycles. The Morgan fingerprint density at radius 2 is 1.96 bits per heavy atom. The maximum absolute atomic E-state index is 12.1. The predicted molar refractivity (Wildman–Crippen MR) is 88.8 cm³/mol. The van der Waals surface area contributed by atoms with E-state index in [4.69, 9.17) is 9.72 Å². The molecule has 0 radical (unpaired) electrons. The molecule has 6 heteroatoms. The normalized spacial score (nSPS) is 21.3. The van der Waals surface area contributed by atoms with Crippen LogP contribution in [-0.4, -0.2) is 52.7 Å². The molecule has 1 aliphatic heterocycles. The summed E-state index contributed by atoms with van der Waals surface area (Å²) < 4.78 is 5.43. The molecule has 1 aliphatic carbocycles. The molecule has 3 rings (SSSR count). The van der Waals surface area contributed by atoms with Gasteiger partial charge in [0.25, 0.3) is 0 Å². The first-order valence-corrected chi connectivity index (χ1v) is 8.42. The first-order valence-electron chi connectivity index (χ1n) is 8.42. The monoisotopic (exact) mass is 318 g/mol. The van der Waals surface area contributed by atoms with E-state index in [1.807, 2.05) is 27.0 Å². The number of ether oxygens (including phenoxy) is 1. The van der Waals surface area contributed by atoms with E-state index < -0.39 is 5.60 Å². The van der Waals surface area contributed by atoms with Gasteiger partial charge < -0.3 is 14.5 Å². The second-order valence-electron chi connectivity index (χ2n) is 7.47. The number of hydrogen-bond acceptors (Lipinski definition) is 5. The second kappa shape index (κ2) is 5.98. The minimum atomic E-state index is -0.450. The van der Waals surface area contributed by atoms with Gasteiger partial charge in [-0.05, 0) is 45.1 Å². The Morgan fingerprint density at radius 3 is 2.61 bits per heavy atom. The van der Waals surface area contributed by atoms with Gasteiger partial charge in [0.1, 0.15) is 5.60 Å². The molecular formula is C17H26N4O2. The van der Waals surface area contributed by atoms with Gasteiger partial charge in [0, 0.05) is 38.1 Å². The average Bonchev–Trinajstić information content (AvgIpc) is 2.87. The van der Waals surface area contributed by atoms with Gasteiger partial charge in [0.2, 0.25) is 5.95 Å². The van der Waals surface area contributed by atoms with Crippen molar-refractivity contribution in [2.75, 3.05) is 31.1 Å². The summed E-state index contributed by atoms with van der Waals surface area (Å²) in [6, 6.07) is 0. The number of anilines is 1. The maximum Gasteiger partial charge on any atom is 0.410 e. The highest BCUT2D eigenvalue weighted by molar-refractivity contribution is 5.68. The topological polar surface area (TPSA) is 58.6 Å². The molecule has 2 aliphatic rings. The maximum atomic E-state index is 12.1. The molecule has 1 fully saturated rings. The van der Waals surface area contributed by atoms with Gasteiger partial charge in [0.15, 0.2) is 0 Å². The third-order valence-electron chi connectivity index (χ3n) is 4.45. The summed E-state index contributed by atoms with van der Waals surface area (Å²) in [5.41, 5.74) is 2.03. The molecule has 1 aromatic heterocycles. The molecule has 0 saturated carbocycles. The number of carbonyl (C=O) groups is 1. The summed E-state index contributed by atoms with van der Waals surface area (Å²) in [5.74, 6) is 1.37. The molecule has 23 heavy (non-hydrogen) atoms. The largest absolute Gasteiger partial charge is 0.444 e. The van der Waals surface area contributed by atoms with Crippen LogP contribution in [-0.2, 0) is 11.2 Å². The van der Waals surface area contributed by atoms with Gasteiger partial charge in [-0.1, -0.05) is 6.92 Å². The summed E-state index contributed by atoms with van der Waals surface area (Å²) in [5, 5.41) is 0. The Hall–Kier alpha value is -1.85. The molecule has 0 spiro atoms. The zero-order valence-corrected chi connectivity index (χ0v) is 14.5. The van der Waals surface area contributed by atoms with Crippen LogP contribution >= 0.6 is 0 Å². The quantitative estimate of drug-likeness (QED) is 0.796. The highest BCUT2D eigenvalue weighted by Gasteiger charge is 2.28. The molecule has 0 unspecified atom stereocenters. The van der Waals surface area contributed by atoms with Crippen LogP contribution in [0.2, 0.25) is 0 Å². The van der Waals surface area contributed by atoms with Gasteiger partial charge in [-0.2, -0.15) is 0 Å². The molecule has 2 heterocycles. The highest BCUT2D eigenvalue weighted by atomic mass is 16.6. The van der Waals surface area contributed by atoms with Crippen molar-refractivity contribution >= 4 is 12.0 Å². The Bertz CT molecular complexity index is 589. The van der Waals surface area contributed by atoms with Crippen LogP contribution in [0.3, 0.4) is 0 Å². The van der Waals surface area contributed by atoms with Gasteiger partial charge in [-0.15, -0.1) is 0 Å². The van der Waals surface area contributed by atoms with Gasteiger partial charge in [-0.25, -0.2) is 14.8 Å². The minimum Gasteiger partial charge on any atom is -0.444 e. The van der Waals surface area contributed by atoms with E-state index in [1.165, 1.54) is 17.7 Å². The fraction of sp³-hybridized carbons (Fsp3) is 0.706. The summed E-state index contributed by atoms with van der Waals surface area (Å²) in [7, 11) is 0. The van der Waals surface area contributed by atoms with E-state index in [-0.39, 0.29) is 6.09 Å². The number of piperazine rings is 1. The lowest BCUT2D eigenvalue weighted by Gasteiger charge is -2.35. The zero-order valence-electron chi connectivity index (χ0n) is 14.5. The van der Waals surface area contributed by atoms with E-state index in [0.29, 0.717) is 19.0 Å². The number of carbonyl (C=O) groups excluding carboxylic acids is 1. The van der Waals surface area contributed by atoms with Crippen LogP contribution in [0.1, 0.15) is 51.3 Å². The van der Waals surface area contributed by atoms with Crippen molar-refractivity contribution in [1.82, 2.24) is 14.9 Å². The summed E-state index contributed by atoms with van der Waals surface area (Å²) in [4.78, 5) is 25.3. The van der Waals surface area contributed by atoms with Crippen molar-refractivity contribution in [2.45, 2.75) is 52.1 Å². The average molecular weight is 318 g/mol. The fourth-order valence-electron chi connectivity index (χ4n) is 3.10.